The minimum absolute atomic E-state index is 0.0201. The van der Waals surface area contributed by atoms with Crippen molar-refractivity contribution in [2.45, 2.75) is 64.2 Å². The topological polar surface area (TPSA) is 3.24 Å². The Morgan fingerprint density at radius 1 is 0.488 bits per heavy atom. The van der Waals surface area contributed by atoms with E-state index >= 15 is 0 Å². The second-order valence-electron chi connectivity index (χ2n) is 11.7. The molecule has 1 heteroatoms. The first-order valence-corrected chi connectivity index (χ1v) is 15.4. The van der Waals surface area contributed by atoms with Gasteiger partial charge in [-0.25, -0.2) is 0 Å². The SMILES string of the molecule is CCCCCCCCC1(C)c2ccccc2-c2ccc(N(c3ccccc3)c3ccc(-c4ccccc4)cc3)cc21. The molecule has 0 radical (unpaired) electrons. The molecule has 41 heavy (non-hydrogen) atoms. The zero-order valence-corrected chi connectivity index (χ0v) is 24.5. The third kappa shape index (κ3) is 5.46. The van der Waals surface area contributed by atoms with Crippen molar-refractivity contribution in [3.63, 3.8) is 0 Å². The van der Waals surface area contributed by atoms with E-state index in [2.05, 4.69) is 146 Å². The van der Waals surface area contributed by atoms with Gasteiger partial charge in [0.25, 0.3) is 0 Å². The van der Waals surface area contributed by atoms with Crippen LogP contribution in [0.4, 0.5) is 17.1 Å². The predicted molar refractivity (Wildman–Crippen MR) is 176 cm³/mol. The van der Waals surface area contributed by atoms with Crippen LogP contribution < -0.4 is 4.90 Å². The number of fused-ring (bicyclic) bond motifs is 3. The van der Waals surface area contributed by atoms with Crippen molar-refractivity contribution in [2.24, 2.45) is 0 Å². The Bertz CT molecular complexity index is 1570. The lowest BCUT2D eigenvalue weighted by Gasteiger charge is -2.30. The molecule has 0 aliphatic heterocycles. The Morgan fingerprint density at radius 2 is 1.05 bits per heavy atom. The van der Waals surface area contributed by atoms with Gasteiger partial charge < -0.3 is 4.90 Å². The summed E-state index contributed by atoms with van der Waals surface area (Å²) in [5.41, 5.74) is 11.8. The van der Waals surface area contributed by atoms with Gasteiger partial charge in [0.2, 0.25) is 0 Å². The summed E-state index contributed by atoms with van der Waals surface area (Å²) in [4.78, 5) is 2.41. The average molecular weight is 536 g/mol. The maximum absolute atomic E-state index is 2.48. The Hall–Kier alpha value is -4.10. The number of anilines is 3. The minimum Gasteiger partial charge on any atom is -0.310 e. The second-order valence-corrected chi connectivity index (χ2v) is 11.7. The number of rotatable bonds is 11. The fourth-order valence-corrected chi connectivity index (χ4v) is 6.69. The van der Waals surface area contributed by atoms with E-state index in [1.54, 1.807) is 0 Å². The molecule has 1 aliphatic carbocycles. The number of nitrogens with zero attached hydrogens (tertiary/aromatic N) is 1. The number of unbranched alkanes of at least 4 members (excludes halogenated alkanes) is 5. The van der Waals surface area contributed by atoms with E-state index in [1.807, 2.05) is 0 Å². The van der Waals surface area contributed by atoms with Gasteiger partial charge in [-0.2, -0.15) is 0 Å². The smallest absolute Gasteiger partial charge is 0.0465 e. The number of para-hydroxylation sites is 1. The maximum atomic E-state index is 2.48. The summed E-state index contributed by atoms with van der Waals surface area (Å²) in [7, 11) is 0. The first-order chi connectivity index (χ1) is 20.2. The Balaban J connectivity index is 1.38. The normalized spacial score (nSPS) is 15.4. The van der Waals surface area contributed by atoms with Gasteiger partial charge >= 0.3 is 0 Å². The van der Waals surface area contributed by atoms with Crippen LogP contribution in [-0.2, 0) is 5.41 Å². The van der Waals surface area contributed by atoms with Crippen molar-refractivity contribution in [3.8, 4) is 22.3 Å². The lowest BCUT2D eigenvalue weighted by atomic mass is 9.76. The zero-order chi connectivity index (χ0) is 28.1. The fraction of sp³-hybridized carbons (Fsp3) is 0.250. The monoisotopic (exact) mass is 535 g/mol. The molecule has 1 aliphatic rings. The van der Waals surface area contributed by atoms with Gasteiger partial charge in [0, 0.05) is 22.5 Å². The van der Waals surface area contributed by atoms with Crippen LogP contribution >= 0.6 is 0 Å². The summed E-state index contributed by atoms with van der Waals surface area (Å²) in [5, 5.41) is 0. The molecule has 6 rings (SSSR count). The highest BCUT2D eigenvalue weighted by Gasteiger charge is 2.39. The van der Waals surface area contributed by atoms with E-state index in [0.29, 0.717) is 0 Å². The molecule has 1 nitrogen and oxygen atoms in total. The van der Waals surface area contributed by atoms with Crippen LogP contribution in [-0.4, -0.2) is 0 Å². The summed E-state index contributed by atoms with van der Waals surface area (Å²) in [6.07, 6.45) is 9.13. The minimum atomic E-state index is 0.0201. The van der Waals surface area contributed by atoms with Crippen molar-refractivity contribution < 1.29 is 0 Å². The fourth-order valence-electron chi connectivity index (χ4n) is 6.69. The van der Waals surface area contributed by atoms with Crippen LogP contribution in [0.25, 0.3) is 22.3 Å². The van der Waals surface area contributed by atoms with E-state index in [0.717, 1.165) is 0 Å². The molecule has 1 unspecified atom stereocenters. The molecule has 0 saturated heterocycles. The van der Waals surface area contributed by atoms with Gasteiger partial charge in [0.1, 0.15) is 0 Å². The summed E-state index contributed by atoms with van der Waals surface area (Å²) < 4.78 is 0. The van der Waals surface area contributed by atoms with Gasteiger partial charge in [-0.05, 0) is 76.2 Å². The standard InChI is InChI=1S/C40H41N/c1-3-4-5-6-7-16-29-40(2)38-22-15-14-21-36(38)37-28-27-35(30-39(37)40)41(33-19-12-9-13-20-33)34-25-23-32(24-26-34)31-17-10-8-11-18-31/h8-15,17-28,30H,3-7,16,29H2,1-2H3. The number of benzene rings is 5. The molecule has 206 valence electrons. The van der Waals surface area contributed by atoms with Gasteiger partial charge in [-0.1, -0.05) is 143 Å². The molecule has 0 aromatic heterocycles. The Morgan fingerprint density at radius 3 is 1.80 bits per heavy atom. The van der Waals surface area contributed by atoms with Crippen LogP contribution in [0.1, 0.15) is 69.9 Å². The highest BCUT2D eigenvalue weighted by atomic mass is 15.1. The zero-order valence-electron chi connectivity index (χ0n) is 24.5. The van der Waals surface area contributed by atoms with Crippen molar-refractivity contribution in [1.29, 1.82) is 0 Å². The summed E-state index contributed by atoms with van der Waals surface area (Å²) in [6.45, 7) is 4.77. The molecule has 5 aromatic carbocycles. The van der Waals surface area contributed by atoms with Crippen LogP contribution in [0, 0.1) is 0 Å². The van der Waals surface area contributed by atoms with Crippen LogP contribution in [0.15, 0.2) is 127 Å². The maximum Gasteiger partial charge on any atom is 0.0465 e. The summed E-state index contributed by atoms with van der Waals surface area (Å²) in [6, 6.07) is 46.6. The lowest BCUT2D eigenvalue weighted by molar-refractivity contribution is 0.481. The lowest BCUT2D eigenvalue weighted by Crippen LogP contribution is -2.21. The molecule has 0 fully saturated rings. The van der Waals surface area contributed by atoms with E-state index in [-0.39, 0.29) is 5.41 Å². The van der Waals surface area contributed by atoms with E-state index < -0.39 is 0 Å². The van der Waals surface area contributed by atoms with Crippen LogP contribution in [0.3, 0.4) is 0 Å². The van der Waals surface area contributed by atoms with Gasteiger partial charge in [0.15, 0.2) is 0 Å². The van der Waals surface area contributed by atoms with Crippen molar-refractivity contribution in [2.75, 3.05) is 4.90 Å². The Kier molecular flexibility index (Phi) is 8.05. The molecule has 0 saturated carbocycles. The molecule has 5 aromatic rings. The first kappa shape index (κ1) is 27.1. The second kappa shape index (κ2) is 12.2. The van der Waals surface area contributed by atoms with Crippen molar-refractivity contribution >= 4 is 17.1 Å². The highest BCUT2D eigenvalue weighted by molar-refractivity contribution is 5.86. The van der Waals surface area contributed by atoms with Crippen molar-refractivity contribution in [3.05, 3.63) is 139 Å². The van der Waals surface area contributed by atoms with Gasteiger partial charge in [0.05, 0.1) is 0 Å². The molecule has 0 amide bonds. The summed E-state index contributed by atoms with van der Waals surface area (Å²) >= 11 is 0. The molecule has 0 spiro atoms. The third-order valence-electron chi connectivity index (χ3n) is 8.94. The highest BCUT2D eigenvalue weighted by Crippen LogP contribution is 2.53. The molecule has 0 N–H and O–H groups in total. The van der Waals surface area contributed by atoms with Gasteiger partial charge in [-0.3, -0.25) is 0 Å². The van der Waals surface area contributed by atoms with E-state index in [9.17, 15) is 0 Å². The van der Waals surface area contributed by atoms with Crippen molar-refractivity contribution in [1.82, 2.24) is 0 Å². The first-order valence-electron chi connectivity index (χ1n) is 15.4. The predicted octanol–water partition coefficient (Wildman–Crippen LogP) is 11.9. The van der Waals surface area contributed by atoms with E-state index in [4.69, 9.17) is 0 Å². The summed E-state index contributed by atoms with van der Waals surface area (Å²) in [5.74, 6) is 0. The van der Waals surface area contributed by atoms with Crippen LogP contribution in [0.2, 0.25) is 0 Å². The Labute approximate surface area is 246 Å². The number of hydrogen-bond donors (Lipinski definition) is 0. The third-order valence-corrected chi connectivity index (χ3v) is 8.94. The molecular formula is C40H41N. The molecular weight excluding hydrogens is 494 g/mol. The quantitative estimate of drug-likeness (QED) is 0.152. The number of hydrogen-bond acceptors (Lipinski definition) is 1. The molecule has 0 heterocycles. The van der Waals surface area contributed by atoms with Crippen LogP contribution in [0.5, 0.6) is 0 Å². The van der Waals surface area contributed by atoms with Gasteiger partial charge in [-0.15, -0.1) is 0 Å². The molecule has 1 atom stereocenters. The largest absolute Gasteiger partial charge is 0.310 e. The molecule has 0 bridgehead atoms. The van der Waals surface area contributed by atoms with E-state index in [1.165, 1.54) is 95.4 Å². The average Bonchev–Trinajstić information content (AvgIpc) is 3.28.